The van der Waals surface area contributed by atoms with Gasteiger partial charge in [-0.1, -0.05) is 78.1 Å². The molecule has 17 heavy (non-hydrogen) atoms. The van der Waals surface area contributed by atoms with Crippen LogP contribution in [0.2, 0.25) is 0 Å². The van der Waals surface area contributed by atoms with Gasteiger partial charge in [0, 0.05) is 5.92 Å². The highest BCUT2D eigenvalue weighted by Gasteiger charge is 2.06. The summed E-state index contributed by atoms with van der Waals surface area (Å²) in [6.07, 6.45) is 14.4. The smallest absolute Gasteiger partial charge is 0.220 e. The van der Waals surface area contributed by atoms with Crippen molar-refractivity contribution in [2.24, 2.45) is 11.7 Å². The molecule has 1 unspecified atom stereocenters. The minimum atomic E-state index is -0.152. The van der Waals surface area contributed by atoms with Crippen molar-refractivity contribution < 1.29 is 4.79 Å². The lowest BCUT2D eigenvalue weighted by atomic mass is 10.0. The monoisotopic (exact) mass is 241 g/mol. The average Bonchev–Trinajstić information content (AvgIpc) is 2.31. The third-order valence-corrected chi connectivity index (χ3v) is 3.48. The van der Waals surface area contributed by atoms with E-state index in [9.17, 15) is 4.79 Å². The lowest BCUT2D eigenvalue weighted by Crippen LogP contribution is -2.20. The fourth-order valence-electron chi connectivity index (χ4n) is 2.08. The first-order valence-corrected chi connectivity index (χ1v) is 7.47. The third kappa shape index (κ3) is 11.7. The van der Waals surface area contributed by atoms with Gasteiger partial charge in [0.15, 0.2) is 0 Å². The summed E-state index contributed by atoms with van der Waals surface area (Å²) in [5.41, 5.74) is 5.22. The molecule has 102 valence electrons. The van der Waals surface area contributed by atoms with Crippen LogP contribution in [0.3, 0.4) is 0 Å². The van der Waals surface area contributed by atoms with Crippen LogP contribution in [0.4, 0.5) is 0 Å². The zero-order chi connectivity index (χ0) is 12.9. The van der Waals surface area contributed by atoms with Crippen molar-refractivity contribution >= 4 is 5.91 Å². The van der Waals surface area contributed by atoms with E-state index in [4.69, 9.17) is 5.73 Å². The molecule has 0 saturated heterocycles. The summed E-state index contributed by atoms with van der Waals surface area (Å²) < 4.78 is 0. The van der Waals surface area contributed by atoms with Crippen LogP contribution in [0.25, 0.3) is 0 Å². The molecular formula is C15H31NO. The van der Waals surface area contributed by atoms with Gasteiger partial charge in [-0.3, -0.25) is 4.79 Å². The van der Waals surface area contributed by atoms with Crippen LogP contribution in [0, 0.1) is 5.92 Å². The molecule has 0 aromatic carbocycles. The Balaban J connectivity index is 3.06. The van der Waals surface area contributed by atoms with Gasteiger partial charge >= 0.3 is 0 Å². The second-order valence-corrected chi connectivity index (χ2v) is 5.27. The Labute approximate surface area is 107 Å². The number of primary amides is 1. The molecule has 1 amide bonds. The van der Waals surface area contributed by atoms with Gasteiger partial charge in [0.05, 0.1) is 0 Å². The Kier molecular flexibility index (Phi) is 11.6. The Morgan fingerprint density at radius 1 is 0.882 bits per heavy atom. The largest absolute Gasteiger partial charge is 0.369 e. The normalized spacial score (nSPS) is 12.6. The topological polar surface area (TPSA) is 43.1 Å². The van der Waals surface area contributed by atoms with E-state index in [1.807, 2.05) is 6.92 Å². The van der Waals surface area contributed by atoms with E-state index in [-0.39, 0.29) is 11.8 Å². The first kappa shape index (κ1) is 16.5. The van der Waals surface area contributed by atoms with E-state index in [1.54, 1.807) is 0 Å². The molecule has 0 spiro atoms. The number of nitrogens with two attached hydrogens (primary N) is 1. The third-order valence-electron chi connectivity index (χ3n) is 3.48. The van der Waals surface area contributed by atoms with E-state index in [1.165, 1.54) is 57.8 Å². The fourth-order valence-corrected chi connectivity index (χ4v) is 2.08. The zero-order valence-corrected chi connectivity index (χ0v) is 11.8. The average molecular weight is 241 g/mol. The van der Waals surface area contributed by atoms with E-state index in [2.05, 4.69) is 6.92 Å². The van der Waals surface area contributed by atoms with Crippen molar-refractivity contribution in [1.82, 2.24) is 0 Å². The van der Waals surface area contributed by atoms with Crippen LogP contribution in [0.1, 0.15) is 84.5 Å². The molecule has 0 bridgehead atoms. The predicted molar refractivity (Wildman–Crippen MR) is 74.8 cm³/mol. The number of carbonyl (C=O) groups excluding carboxylic acids is 1. The van der Waals surface area contributed by atoms with E-state index in [0.29, 0.717) is 0 Å². The van der Waals surface area contributed by atoms with Crippen molar-refractivity contribution in [2.45, 2.75) is 84.5 Å². The second kappa shape index (κ2) is 11.9. The van der Waals surface area contributed by atoms with Crippen molar-refractivity contribution in [3.63, 3.8) is 0 Å². The first-order chi connectivity index (χ1) is 8.18. The Morgan fingerprint density at radius 2 is 1.29 bits per heavy atom. The number of amides is 1. The van der Waals surface area contributed by atoms with Gasteiger partial charge in [-0.05, 0) is 6.42 Å². The molecule has 0 aromatic rings. The number of hydrogen-bond donors (Lipinski definition) is 1. The highest BCUT2D eigenvalue weighted by atomic mass is 16.1. The summed E-state index contributed by atoms with van der Waals surface area (Å²) in [5, 5.41) is 0. The summed E-state index contributed by atoms with van der Waals surface area (Å²) in [4.78, 5) is 10.8. The van der Waals surface area contributed by atoms with Crippen molar-refractivity contribution in [2.75, 3.05) is 0 Å². The zero-order valence-electron chi connectivity index (χ0n) is 11.8. The minimum absolute atomic E-state index is 0.0593. The number of carbonyl (C=O) groups is 1. The summed E-state index contributed by atoms with van der Waals surface area (Å²) in [6.45, 7) is 4.18. The van der Waals surface area contributed by atoms with Crippen molar-refractivity contribution in [1.29, 1.82) is 0 Å². The fraction of sp³-hybridized carbons (Fsp3) is 0.933. The molecular weight excluding hydrogens is 210 g/mol. The highest BCUT2D eigenvalue weighted by molar-refractivity contribution is 5.76. The van der Waals surface area contributed by atoms with Crippen LogP contribution in [0.5, 0.6) is 0 Å². The molecule has 0 aliphatic carbocycles. The van der Waals surface area contributed by atoms with Gasteiger partial charge in [0.1, 0.15) is 0 Å². The summed E-state index contributed by atoms with van der Waals surface area (Å²) in [7, 11) is 0. The van der Waals surface area contributed by atoms with Gasteiger partial charge in [-0.25, -0.2) is 0 Å². The standard InChI is InChI=1S/C15H31NO/c1-3-4-5-6-7-8-9-10-11-12-13-14(2)15(16)17/h14H,3-13H2,1-2H3,(H2,16,17). The van der Waals surface area contributed by atoms with Gasteiger partial charge in [-0.2, -0.15) is 0 Å². The second-order valence-electron chi connectivity index (χ2n) is 5.27. The van der Waals surface area contributed by atoms with E-state index < -0.39 is 0 Å². The Hall–Kier alpha value is -0.530. The lowest BCUT2D eigenvalue weighted by molar-refractivity contribution is -0.121. The molecule has 2 heteroatoms. The maximum Gasteiger partial charge on any atom is 0.220 e. The summed E-state index contributed by atoms with van der Waals surface area (Å²) in [5.74, 6) is -0.0926. The molecule has 1 atom stereocenters. The van der Waals surface area contributed by atoms with Crippen molar-refractivity contribution in [3.8, 4) is 0 Å². The Bertz CT molecular complexity index is 180. The van der Waals surface area contributed by atoms with Crippen LogP contribution in [-0.4, -0.2) is 5.91 Å². The van der Waals surface area contributed by atoms with Gasteiger partial charge < -0.3 is 5.73 Å². The molecule has 0 radical (unpaired) electrons. The first-order valence-electron chi connectivity index (χ1n) is 7.47. The number of unbranched alkanes of at least 4 members (excludes halogenated alkanes) is 9. The Morgan fingerprint density at radius 3 is 1.71 bits per heavy atom. The van der Waals surface area contributed by atoms with E-state index in [0.717, 1.165) is 12.8 Å². The molecule has 0 aliphatic rings. The molecule has 2 N–H and O–H groups in total. The van der Waals surface area contributed by atoms with Gasteiger partial charge in [0.25, 0.3) is 0 Å². The number of rotatable bonds is 12. The van der Waals surface area contributed by atoms with Crippen LogP contribution < -0.4 is 5.73 Å². The summed E-state index contributed by atoms with van der Waals surface area (Å²) in [6, 6.07) is 0. The quantitative estimate of drug-likeness (QED) is 0.505. The lowest BCUT2D eigenvalue weighted by Gasteiger charge is -2.06. The SMILES string of the molecule is CCCCCCCCCCCCC(C)C(N)=O. The van der Waals surface area contributed by atoms with Crippen LogP contribution in [-0.2, 0) is 4.79 Å². The van der Waals surface area contributed by atoms with E-state index >= 15 is 0 Å². The molecule has 0 saturated carbocycles. The molecule has 2 nitrogen and oxygen atoms in total. The van der Waals surface area contributed by atoms with Gasteiger partial charge in [0.2, 0.25) is 5.91 Å². The summed E-state index contributed by atoms with van der Waals surface area (Å²) >= 11 is 0. The molecule has 0 rings (SSSR count). The molecule has 0 aromatic heterocycles. The van der Waals surface area contributed by atoms with Crippen LogP contribution in [0.15, 0.2) is 0 Å². The highest BCUT2D eigenvalue weighted by Crippen LogP contribution is 2.13. The van der Waals surface area contributed by atoms with Gasteiger partial charge in [-0.15, -0.1) is 0 Å². The molecule has 0 fully saturated rings. The maximum absolute atomic E-state index is 10.8. The minimum Gasteiger partial charge on any atom is -0.369 e. The predicted octanol–water partition coefficient (Wildman–Crippen LogP) is 4.42. The number of hydrogen-bond acceptors (Lipinski definition) is 1. The van der Waals surface area contributed by atoms with Crippen molar-refractivity contribution in [3.05, 3.63) is 0 Å². The van der Waals surface area contributed by atoms with Crippen LogP contribution >= 0.6 is 0 Å². The molecule has 0 heterocycles. The maximum atomic E-state index is 10.8. The molecule has 0 aliphatic heterocycles.